The fourth-order valence-corrected chi connectivity index (χ4v) is 3.88. The van der Waals surface area contributed by atoms with Crippen molar-refractivity contribution >= 4 is 34.7 Å². The predicted molar refractivity (Wildman–Crippen MR) is 116 cm³/mol. The second-order valence-corrected chi connectivity index (χ2v) is 7.75. The summed E-state index contributed by atoms with van der Waals surface area (Å²) in [5.74, 6) is 0.163. The van der Waals surface area contributed by atoms with Gasteiger partial charge in [0.1, 0.15) is 11.9 Å². The number of aliphatic hydroxyl groups is 1. The summed E-state index contributed by atoms with van der Waals surface area (Å²) >= 11 is 0. The number of carbonyl (C=O) groups excluding carboxylic acids is 2. The zero-order valence-corrected chi connectivity index (χ0v) is 17.3. The molecular weight excluding hydrogens is 396 g/mol. The van der Waals surface area contributed by atoms with Crippen LogP contribution in [0.1, 0.15) is 13.3 Å². The van der Waals surface area contributed by atoms with E-state index in [1.165, 1.54) is 4.90 Å². The Morgan fingerprint density at radius 1 is 1.16 bits per heavy atom. The highest BCUT2D eigenvalue weighted by Gasteiger charge is 2.46. The van der Waals surface area contributed by atoms with Gasteiger partial charge >= 0.3 is 0 Å². The third-order valence-electron chi connectivity index (χ3n) is 5.75. The van der Waals surface area contributed by atoms with Crippen LogP contribution >= 0.6 is 0 Å². The third kappa shape index (κ3) is 4.15. The molecule has 2 amide bonds. The van der Waals surface area contributed by atoms with Crippen molar-refractivity contribution in [1.29, 1.82) is 5.26 Å². The van der Waals surface area contributed by atoms with Gasteiger partial charge in [-0.15, -0.1) is 0 Å². The summed E-state index contributed by atoms with van der Waals surface area (Å²) in [6.07, 6.45) is 1.89. The summed E-state index contributed by atoms with van der Waals surface area (Å²) in [6.45, 7) is 4.84. The molecule has 2 fully saturated rings. The minimum absolute atomic E-state index is 0.0870. The molecule has 1 aromatic carbocycles. The smallest absolute Gasteiger partial charge is 0.273 e. The number of rotatable bonds is 4. The van der Waals surface area contributed by atoms with Crippen molar-refractivity contribution in [3.63, 3.8) is 0 Å². The molecule has 1 atom stereocenters. The number of amides is 2. The summed E-state index contributed by atoms with van der Waals surface area (Å²) in [4.78, 5) is 33.8. The Kier molecular flexibility index (Phi) is 5.48. The molecule has 0 radical (unpaired) electrons. The first kappa shape index (κ1) is 20.6. The highest BCUT2D eigenvalue weighted by Crippen LogP contribution is 2.30. The number of anilines is 4. The molecule has 0 aliphatic carbocycles. The van der Waals surface area contributed by atoms with Crippen molar-refractivity contribution in [3.8, 4) is 6.07 Å². The quantitative estimate of drug-likeness (QED) is 0.721. The second kappa shape index (κ2) is 8.24. The van der Waals surface area contributed by atoms with Crippen LogP contribution in [0.25, 0.3) is 0 Å². The average molecular weight is 420 g/mol. The van der Waals surface area contributed by atoms with Crippen molar-refractivity contribution < 1.29 is 14.7 Å². The molecule has 2 aliphatic heterocycles. The van der Waals surface area contributed by atoms with Gasteiger partial charge in [-0.3, -0.25) is 9.59 Å². The summed E-state index contributed by atoms with van der Waals surface area (Å²) in [5, 5.41) is 22.4. The number of nitriles is 1. The van der Waals surface area contributed by atoms with Crippen LogP contribution in [-0.4, -0.2) is 65.1 Å². The SMILES string of the molecule is CC(=O)N1CCN(c2ccc(Nc3cccc(N4CCC(O)(C#N)C4=O)c3)nc2)CC1. The third-order valence-corrected chi connectivity index (χ3v) is 5.75. The van der Waals surface area contributed by atoms with Gasteiger partial charge in [0, 0.05) is 57.4 Å². The van der Waals surface area contributed by atoms with Gasteiger partial charge < -0.3 is 25.1 Å². The number of pyridine rings is 1. The standard InChI is InChI=1S/C22H24N6O3/c1-16(29)26-9-11-27(12-10-26)19-5-6-20(24-14-19)25-17-3-2-4-18(13-17)28-8-7-22(31,15-23)21(28)30/h2-6,13-14,31H,7-12H2,1H3,(H,24,25). The lowest BCUT2D eigenvalue weighted by molar-refractivity contribution is -0.129. The summed E-state index contributed by atoms with van der Waals surface area (Å²) in [7, 11) is 0. The molecule has 0 spiro atoms. The van der Waals surface area contributed by atoms with E-state index in [9.17, 15) is 14.7 Å². The maximum Gasteiger partial charge on any atom is 0.273 e. The first-order valence-corrected chi connectivity index (χ1v) is 10.2. The molecule has 0 bridgehead atoms. The molecule has 1 aromatic heterocycles. The Labute approximate surface area is 180 Å². The molecule has 4 rings (SSSR count). The number of hydrogen-bond donors (Lipinski definition) is 2. The molecule has 2 aromatic rings. The van der Waals surface area contributed by atoms with Crippen LogP contribution in [0.2, 0.25) is 0 Å². The number of hydrogen-bond acceptors (Lipinski definition) is 7. The fourth-order valence-electron chi connectivity index (χ4n) is 3.88. The first-order chi connectivity index (χ1) is 14.9. The van der Waals surface area contributed by atoms with Crippen molar-refractivity contribution in [1.82, 2.24) is 9.88 Å². The maximum absolute atomic E-state index is 12.4. The largest absolute Gasteiger partial charge is 0.368 e. The molecule has 1 unspecified atom stereocenters. The van der Waals surface area contributed by atoms with Gasteiger partial charge in [0.05, 0.1) is 11.9 Å². The van der Waals surface area contributed by atoms with E-state index in [0.29, 0.717) is 24.6 Å². The molecule has 2 aliphatic rings. The van der Waals surface area contributed by atoms with Gasteiger partial charge in [0.2, 0.25) is 11.5 Å². The van der Waals surface area contributed by atoms with Crippen LogP contribution in [-0.2, 0) is 9.59 Å². The van der Waals surface area contributed by atoms with Gasteiger partial charge in [-0.25, -0.2) is 4.98 Å². The Balaban J connectivity index is 1.41. The Morgan fingerprint density at radius 2 is 1.94 bits per heavy atom. The topological polar surface area (TPSA) is 113 Å². The van der Waals surface area contributed by atoms with E-state index < -0.39 is 11.5 Å². The van der Waals surface area contributed by atoms with Gasteiger partial charge in [-0.05, 0) is 30.3 Å². The molecule has 3 heterocycles. The Bertz CT molecular complexity index is 1030. The van der Waals surface area contributed by atoms with E-state index in [4.69, 9.17) is 5.26 Å². The molecule has 9 heteroatoms. The number of aromatic nitrogens is 1. The lowest BCUT2D eigenvalue weighted by atomic mass is 10.1. The second-order valence-electron chi connectivity index (χ2n) is 7.75. The number of piperazine rings is 1. The summed E-state index contributed by atoms with van der Waals surface area (Å²) in [5.41, 5.74) is 0.409. The van der Waals surface area contributed by atoms with Crippen LogP contribution in [0.15, 0.2) is 42.6 Å². The minimum atomic E-state index is -1.95. The van der Waals surface area contributed by atoms with Crippen LogP contribution in [0.5, 0.6) is 0 Å². The Hall–Kier alpha value is -3.64. The molecule has 2 saturated heterocycles. The van der Waals surface area contributed by atoms with Crippen molar-refractivity contribution in [3.05, 3.63) is 42.6 Å². The molecule has 31 heavy (non-hydrogen) atoms. The van der Waals surface area contributed by atoms with Gasteiger partial charge in [0.15, 0.2) is 0 Å². The molecule has 160 valence electrons. The highest BCUT2D eigenvalue weighted by atomic mass is 16.3. The number of nitrogens with zero attached hydrogens (tertiary/aromatic N) is 5. The van der Waals surface area contributed by atoms with E-state index >= 15 is 0 Å². The minimum Gasteiger partial charge on any atom is -0.368 e. The number of benzene rings is 1. The van der Waals surface area contributed by atoms with E-state index in [0.717, 1.165) is 24.5 Å². The predicted octanol–water partition coefficient (Wildman–Crippen LogP) is 1.49. The van der Waals surface area contributed by atoms with Crippen LogP contribution < -0.4 is 15.1 Å². The normalized spacial score (nSPS) is 21.2. The highest BCUT2D eigenvalue weighted by molar-refractivity contribution is 6.03. The number of carbonyl (C=O) groups is 2. The fraction of sp³-hybridized carbons (Fsp3) is 0.364. The lowest BCUT2D eigenvalue weighted by Crippen LogP contribution is -2.48. The Morgan fingerprint density at radius 3 is 2.55 bits per heavy atom. The van der Waals surface area contributed by atoms with E-state index in [1.807, 2.05) is 23.1 Å². The number of nitrogens with one attached hydrogen (secondary N) is 1. The van der Waals surface area contributed by atoms with Crippen molar-refractivity contribution in [2.45, 2.75) is 18.9 Å². The maximum atomic E-state index is 12.4. The van der Waals surface area contributed by atoms with E-state index in [-0.39, 0.29) is 18.9 Å². The van der Waals surface area contributed by atoms with Crippen molar-refractivity contribution in [2.24, 2.45) is 0 Å². The molecule has 2 N–H and O–H groups in total. The van der Waals surface area contributed by atoms with E-state index in [2.05, 4.69) is 15.2 Å². The molecule has 9 nitrogen and oxygen atoms in total. The molecule has 0 saturated carbocycles. The average Bonchev–Trinajstić information content (AvgIpc) is 3.09. The van der Waals surface area contributed by atoms with E-state index in [1.54, 1.807) is 37.4 Å². The lowest BCUT2D eigenvalue weighted by Gasteiger charge is -2.35. The van der Waals surface area contributed by atoms with Gasteiger partial charge in [-0.1, -0.05) is 6.07 Å². The summed E-state index contributed by atoms with van der Waals surface area (Å²) < 4.78 is 0. The van der Waals surface area contributed by atoms with Crippen LogP contribution in [0.4, 0.5) is 22.9 Å². The summed E-state index contributed by atoms with van der Waals surface area (Å²) in [6, 6.07) is 12.8. The van der Waals surface area contributed by atoms with Crippen molar-refractivity contribution in [2.75, 3.05) is 47.8 Å². The van der Waals surface area contributed by atoms with Gasteiger partial charge in [0.25, 0.3) is 5.91 Å². The zero-order valence-electron chi connectivity index (χ0n) is 17.3. The monoisotopic (exact) mass is 420 g/mol. The van der Waals surface area contributed by atoms with Crippen LogP contribution in [0.3, 0.4) is 0 Å². The molecular formula is C22H24N6O3. The van der Waals surface area contributed by atoms with Gasteiger partial charge in [-0.2, -0.15) is 5.26 Å². The first-order valence-electron chi connectivity index (χ1n) is 10.2. The van der Waals surface area contributed by atoms with Crippen LogP contribution in [0, 0.1) is 11.3 Å². The zero-order chi connectivity index (χ0) is 22.0.